The van der Waals surface area contributed by atoms with E-state index in [1.807, 2.05) is 0 Å². The van der Waals surface area contributed by atoms with Crippen LogP contribution in [0.3, 0.4) is 0 Å². The lowest BCUT2D eigenvalue weighted by Gasteiger charge is -2.31. The zero-order valence-corrected chi connectivity index (χ0v) is 10.9. The maximum absolute atomic E-state index is 12.1. The average Bonchev–Trinajstić information content (AvgIpc) is 2.39. The molecule has 1 aliphatic rings. The summed E-state index contributed by atoms with van der Waals surface area (Å²) in [4.78, 5) is 21.9. The Balaban J connectivity index is 2.06. The van der Waals surface area contributed by atoms with E-state index in [2.05, 4.69) is 25.9 Å². The quantitative estimate of drug-likeness (QED) is 0.887. The predicted octanol–water partition coefficient (Wildman–Crippen LogP) is 1.08. The summed E-state index contributed by atoms with van der Waals surface area (Å²) in [5.74, 6) is 0.0826. The molecule has 1 N–H and O–H groups in total. The van der Waals surface area contributed by atoms with Crippen molar-refractivity contribution >= 4 is 21.8 Å². The van der Waals surface area contributed by atoms with Gasteiger partial charge in [0.05, 0.1) is 12.4 Å². The molecule has 17 heavy (non-hydrogen) atoms. The van der Waals surface area contributed by atoms with Crippen LogP contribution in [0.1, 0.15) is 23.3 Å². The second-order valence-electron chi connectivity index (χ2n) is 4.17. The van der Waals surface area contributed by atoms with Crippen LogP contribution in [-0.4, -0.2) is 45.6 Å². The molecule has 0 aromatic carbocycles. The van der Waals surface area contributed by atoms with Gasteiger partial charge in [-0.25, -0.2) is 9.97 Å². The molecule has 1 aromatic rings. The monoisotopic (exact) mass is 299 g/mol. The first-order valence-corrected chi connectivity index (χ1v) is 6.37. The second-order valence-corrected chi connectivity index (χ2v) is 4.98. The zero-order valence-electron chi connectivity index (χ0n) is 9.34. The molecule has 1 atom stereocenters. The number of amides is 1. The lowest BCUT2D eigenvalue weighted by Crippen LogP contribution is -2.41. The number of aromatic nitrogens is 2. The van der Waals surface area contributed by atoms with E-state index >= 15 is 0 Å². The maximum Gasteiger partial charge on any atom is 0.274 e. The topological polar surface area (TPSA) is 66.3 Å². The Morgan fingerprint density at radius 3 is 3.00 bits per heavy atom. The van der Waals surface area contributed by atoms with Gasteiger partial charge in [-0.05, 0) is 34.7 Å². The van der Waals surface area contributed by atoms with Crippen molar-refractivity contribution in [2.24, 2.45) is 5.92 Å². The van der Waals surface area contributed by atoms with E-state index in [0.29, 0.717) is 16.8 Å². The number of hydrogen-bond acceptors (Lipinski definition) is 4. The molecule has 0 radical (unpaired) electrons. The number of rotatable bonds is 2. The molecule has 0 spiro atoms. The normalized spacial score (nSPS) is 20.4. The van der Waals surface area contributed by atoms with Gasteiger partial charge in [0.2, 0.25) is 0 Å². The Bertz CT molecular complexity index is 396. The molecule has 2 rings (SSSR count). The molecule has 0 bridgehead atoms. The molecule has 1 fully saturated rings. The van der Waals surface area contributed by atoms with E-state index in [0.717, 1.165) is 19.4 Å². The van der Waals surface area contributed by atoms with Gasteiger partial charge in [-0.3, -0.25) is 4.79 Å². The first kappa shape index (κ1) is 12.4. The van der Waals surface area contributed by atoms with Crippen molar-refractivity contribution in [3.05, 3.63) is 22.7 Å². The van der Waals surface area contributed by atoms with Gasteiger partial charge >= 0.3 is 0 Å². The standard InChI is InChI=1S/C11H14BrN3O2/c12-10-5-13-9(4-14-10)11(17)15-3-1-2-8(6-15)7-16/h4-5,8,16H,1-3,6-7H2. The maximum atomic E-state index is 12.1. The second kappa shape index (κ2) is 5.55. The van der Waals surface area contributed by atoms with Gasteiger partial charge in [0.15, 0.2) is 0 Å². The molecular formula is C11H14BrN3O2. The van der Waals surface area contributed by atoms with E-state index in [9.17, 15) is 4.79 Å². The fourth-order valence-electron chi connectivity index (χ4n) is 1.98. The smallest absolute Gasteiger partial charge is 0.274 e. The minimum absolute atomic E-state index is 0.108. The molecule has 6 heteroatoms. The number of halogens is 1. The van der Waals surface area contributed by atoms with Crippen molar-refractivity contribution in [2.75, 3.05) is 19.7 Å². The molecule has 2 heterocycles. The summed E-state index contributed by atoms with van der Waals surface area (Å²) < 4.78 is 0.612. The number of carbonyl (C=O) groups excluding carboxylic acids is 1. The average molecular weight is 300 g/mol. The van der Waals surface area contributed by atoms with Gasteiger partial charge in [-0.1, -0.05) is 0 Å². The highest BCUT2D eigenvalue weighted by Gasteiger charge is 2.24. The van der Waals surface area contributed by atoms with Crippen molar-refractivity contribution in [3.8, 4) is 0 Å². The number of aliphatic hydroxyl groups excluding tert-OH is 1. The van der Waals surface area contributed by atoms with Crippen LogP contribution in [0.25, 0.3) is 0 Å². The van der Waals surface area contributed by atoms with Crippen LogP contribution in [0, 0.1) is 5.92 Å². The van der Waals surface area contributed by atoms with Crippen LogP contribution in [0.15, 0.2) is 17.0 Å². The predicted molar refractivity (Wildman–Crippen MR) is 65.4 cm³/mol. The van der Waals surface area contributed by atoms with E-state index in [1.165, 1.54) is 12.4 Å². The van der Waals surface area contributed by atoms with Gasteiger partial charge in [-0.15, -0.1) is 0 Å². The third-order valence-electron chi connectivity index (χ3n) is 2.90. The van der Waals surface area contributed by atoms with Crippen molar-refractivity contribution < 1.29 is 9.90 Å². The van der Waals surface area contributed by atoms with E-state index < -0.39 is 0 Å². The fourth-order valence-corrected chi connectivity index (χ4v) is 2.19. The molecule has 92 valence electrons. The molecule has 1 unspecified atom stereocenters. The van der Waals surface area contributed by atoms with Crippen LogP contribution < -0.4 is 0 Å². The molecule has 0 saturated carbocycles. The largest absolute Gasteiger partial charge is 0.396 e. The highest BCUT2D eigenvalue weighted by molar-refractivity contribution is 9.10. The van der Waals surface area contributed by atoms with Gasteiger partial charge in [0, 0.05) is 19.7 Å². The van der Waals surface area contributed by atoms with Crippen LogP contribution in [-0.2, 0) is 0 Å². The fraction of sp³-hybridized carbons (Fsp3) is 0.545. The Labute approximate surface area is 108 Å². The minimum Gasteiger partial charge on any atom is -0.396 e. The summed E-state index contributed by atoms with van der Waals surface area (Å²) in [6.07, 6.45) is 4.89. The summed E-state index contributed by atoms with van der Waals surface area (Å²) in [5, 5.41) is 9.13. The molecule has 1 amide bonds. The van der Waals surface area contributed by atoms with Gasteiger partial charge < -0.3 is 10.0 Å². The third-order valence-corrected chi connectivity index (χ3v) is 3.31. The van der Waals surface area contributed by atoms with E-state index in [-0.39, 0.29) is 18.4 Å². The first-order valence-electron chi connectivity index (χ1n) is 5.58. The summed E-state index contributed by atoms with van der Waals surface area (Å²) in [6, 6.07) is 0. The number of aliphatic hydroxyl groups is 1. The summed E-state index contributed by atoms with van der Waals surface area (Å²) in [7, 11) is 0. The number of nitrogens with zero attached hydrogens (tertiary/aromatic N) is 3. The van der Waals surface area contributed by atoms with Crippen molar-refractivity contribution in [3.63, 3.8) is 0 Å². The number of hydrogen-bond donors (Lipinski definition) is 1. The van der Waals surface area contributed by atoms with Crippen LogP contribution in [0.4, 0.5) is 0 Å². The van der Waals surface area contributed by atoms with Gasteiger partial charge in [0.1, 0.15) is 10.3 Å². The SMILES string of the molecule is O=C(c1cnc(Br)cn1)N1CCCC(CO)C1. The lowest BCUT2D eigenvalue weighted by molar-refractivity contribution is 0.0614. The Kier molecular flexibility index (Phi) is 4.06. The molecule has 5 nitrogen and oxygen atoms in total. The van der Waals surface area contributed by atoms with Crippen molar-refractivity contribution in [1.82, 2.24) is 14.9 Å². The lowest BCUT2D eigenvalue weighted by atomic mass is 9.99. The number of carbonyl (C=O) groups is 1. The Hall–Kier alpha value is -1.01. The molecule has 1 aliphatic heterocycles. The molecule has 1 aromatic heterocycles. The number of piperidine rings is 1. The summed E-state index contributed by atoms with van der Waals surface area (Å²) in [6.45, 7) is 1.47. The summed E-state index contributed by atoms with van der Waals surface area (Å²) >= 11 is 3.18. The number of likely N-dealkylation sites (tertiary alicyclic amines) is 1. The van der Waals surface area contributed by atoms with E-state index in [4.69, 9.17) is 5.11 Å². The van der Waals surface area contributed by atoms with Crippen LogP contribution in [0.2, 0.25) is 0 Å². The molecule has 0 aliphatic carbocycles. The van der Waals surface area contributed by atoms with Gasteiger partial charge in [0.25, 0.3) is 5.91 Å². The molecular weight excluding hydrogens is 286 g/mol. The van der Waals surface area contributed by atoms with Crippen molar-refractivity contribution in [2.45, 2.75) is 12.8 Å². The Morgan fingerprint density at radius 1 is 1.53 bits per heavy atom. The highest BCUT2D eigenvalue weighted by atomic mass is 79.9. The minimum atomic E-state index is -0.108. The zero-order chi connectivity index (χ0) is 12.3. The van der Waals surface area contributed by atoms with Gasteiger partial charge in [-0.2, -0.15) is 0 Å². The molecule has 1 saturated heterocycles. The highest BCUT2D eigenvalue weighted by Crippen LogP contribution is 2.17. The third kappa shape index (κ3) is 3.01. The summed E-state index contributed by atoms with van der Waals surface area (Å²) in [5.41, 5.74) is 0.354. The van der Waals surface area contributed by atoms with Crippen LogP contribution >= 0.6 is 15.9 Å². The Morgan fingerprint density at radius 2 is 2.35 bits per heavy atom. The van der Waals surface area contributed by atoms with E-state index in [1.54, 1.807) is 4.90 Å². The van der Waals surface area contributed by atoms with Crippen molar-refractivity contribution in [1.29, 1.82) is 0 Å². The first-order chi connectivity index (χ1) is 8.20. The van der Waals surface area contributed by atoms with Crippen LogP contribution in [0.5, 0.6) is 0 Å².